The lowest BCUT2D eigenvalue weighted by Crippen LogP contribution is -2.18. The minimum absolute atomic E-state index is 0.297. The standard InChI is InChI=1S/C22H21N5O4S/c1-13-25-26-17(31-13)12-27(2)11-15-9-10-16-18(19(22(29)30-3)32-21(16)23-15)24-20(28)14-7-5-4-6-8-14/h4-10H,11-12H2,1-3H3,(H,24,28). The first-order valence-corrected chi connectivity index (χ1v) is 10.6. The van der Waals surface area contributed by atoms with Crippen LogP contribution in [0.5, 0.6) is 0 Å². The van der Waals surface area contributed by atoms with Gasteiger partial charge in [0.05, 0.1) is 25.0 Å². The summed E-state index contributed by atoms with van der Waals surface area (Å²) in [5.74, 6) is 0.212. The third kappa shape index (κ3) is 4.66. The second-order valence-corrected chi connectivity index (χ2v) is 8.16. The summed E-state index contributed by atoms with van der Waals surface area (Å²) < 4.78 is 10.3. The van der Waals surface area contributed by atoms with Gasteiger partial charge in [0.15, 0.2) is 0 Å². The number of benzene rings is 1. The minimum Gasteiger partial charge on any atom is -0.465 e. The zero-order chi connectivity index (χ0) is 22.7. The van der Waals surface area contributed by atoms with E-state index in [-0.39, 0.29) is 5.91 Å². The van der Waals surface area contributed by atoms with E-state index in [9.17, 15) is 9.59 Å². The molecule has 0 aliphatic heterocycles. The zero-order valence-corrected chi connectivity index (χ0v) is 18.6. The Hall–Kier alpha value is -3.63. The molecule has 0 unspecified atom stereocenters. The first-order chi connectivity index (χ1) is 15.4. The molecule has 10 heteroatoms. The van der Waals surface area contributed by atoms with Crippen molar-refractivity contribution in [1.29, 1.82) is 0 Å². The van der Waals surface area contributed by atoms with E-state index >= 15 is 0 Å². The number of pyridine rings is 1. The number of esters is 1. The number of hydrogen-bond donors (Lipinski definition) is 1. The maximum Gasteiger partial charge on any atom is 0.350 e. The summed E-state index contributed by atoms with van der Waals surface area (Å²) >= 11 is 1.18. The van der Waals surface area contributed by atoms with E-state index in [1.54, 1.807) is 31.2 Å². The number of anilines is 1. The maximum atomic E-state index is 12.7. The fraction of sp³-hybridized carbons (Fsp3) is 0.227. The highest BCUT2D eigenvalue weighted by molar-refractivity contribution is 7.21. The van der Waals surface area contributed by atoms with Crippen molar-refractivity contribution in [3.05, 3.63) is 70.4 Å². The number of aryl methyl sites for hydroxylation is 1. The number of carbonyl (C=O) groups is 2. The van der Waals surface area contributed by atoms with Crippen LogP contribution in [-0.4, -0.2) is 46.1 Å². The van der Waals surface area contributed by atoms with Gasteiger partial charge in [-0.1, -0.05) is 18.2 Å². The fourth-order valence-corrected chi connectivity index (χ4v) is 4.27. The number of rotatable bonds is 7. The van der Waals surface area contributed by atoms with E-state index in [2.05, 4.69) is 15.5 Å². The van der Waals surface area contributed by atoms with E-state index in [4.69, 9.17) is 14.1 Å². The van der Waals surface area contributed by atoms with Gasteiger partial charge in [0.25, 0.3) is 5.91 Å². The van der Waals surface area contributed by atoms with Crippen molar-refractivity contribution < 1.29 is 18.7 Å². The molecule has 0 fully saturated rings. The molecule has 9 nitrogen and oxygen atoms in total. The van der Waals surface area contributed by atoms with E-state index in [1.165, 1.54) is 18.4 Å². The Balaban J connectivity index is 1.60. The summed E-state index contributed by atoms with van der Waals surface area (Å²) in [7, 11) is 3.23. The van der Waals surface area contributed by atoms with Crippen LogP contribution in [0.4, 0.5) is 5.69 Å². The molecular weight excluding hydrogens is 430 g/mol. The Morgan fingerprint density at radius 3 is 2.59 bits per heavy atom. The van der Waals surface area contributed by atoms with Crippen LogP contribution < -0.4 is 5.32 Å². The molecule has 0 atom stereocenters. The highest BCUT2D eigenvalue weighted by atomic mass is 32.1. The molecule has 0 radical (unpaired) electrons. The van der Waals surface area contributed by atoms with Crippen LogP contribution in [0.1, 0.15) is 37.5 Å². The monoisotopic (exact) mass is 451 g/mol. The van der Waals surface area contributed by atoms with Gasteiger partial charge in [-0.05, 0) is 31.3 Å². The van der Waals surface area contributed by atoms with Crippen molar-refractivity contribution in [2.75, 3.05) is 19.5 Å². The number of hydrogen-bond acceptors (Lipinski definition) is 9. The minimum atomic E-state index is -0.526. The Bertz CT molecular complexity index is 1270. The van der Waals surface area contributed by atoms with Crippen LogP contribution in [0.25, 0.3) is 10.2 Å². The SMILES string of the molecule is COC(=O)c1sc2nc(CN(C)Cc3nnc(C)o3)ccc2c1NC(=O)c1ccccc1. The predicted octanol–water partition coefficient (Wildman–Crippen LogP) is 3.66. The van der Waals surface area contributed by atoms with Crippen LogP contribution in [0.15, 0.2) is 46.9 Å². The second-order valence-electron chi connectivity index (χ2n) is 7.16. The number of ether oxygens (including phenoxy) is 1. The number of aromatic nitrogens is 3. The molecule has 1 amide bonds. The highest BCUT2D eigenvalue weighted by Gasteiger charge is 2.22. The highest BCUT2D eigenvalue weighted by Crippen LogP contribution is 2.36. The number of amides is 1. The molecular formula is C22H21N5O4S. The molecule has 0 bridgehead atoms. The quantitative estimate of drug-likeness (QED) is 0.424. The molecule has 1 aromatic carbocycles. The average Bonchev–Trinajstić information content (AvgIpc) is 3.36. The Labute approximate surface area is 188 Å². The first-order valence-electron chi connectivity index (χ1n) is 9.79. The molecule has 0 spiro atoms. The van der Waals surface area contributed by atoms with Gasteiger partial charge in [-0.3, -0.25) is 9.69 Å². The molecule has 4 aromatic rings. The van der Waals surface area contributed by atoms with Crippen LogP contribution in [0.3, 0.4) is 0 Å². The van der Waals surface area contributed by atoms with Gasteiger partial charge in [-0.2, -0.15) is 0 Å². The molecule has 4 rings (SSSR count). The molecule has 0 saturated heterocycles. The smallest absolute Gasteiger partial charge is 0.350 e. The van der Waals surface area contributed by atoms with Gasteiger partial charge in [0, 0.05) is 24.4 Å². The van der Waals surface area contributed by atoms with Gasteiger partial charge >= 0.3 is 5.97 Å². The Morgan fingerprint density at radius 2 is 1.91 bits per heavy atom. The summed E-state index contributed by atoms with van der Waals surface area (Å²) in [6.45, 7) is 2.77. The molecule has 164 valence electrons. The molecule has 3 aromatic heterocycles. The van der Waals surface area contributed by atoms with Gasteiger partial charge in [-0.25, -0.2) is 9.78 Å². The summed E-state index contributed by atoms with van der Waals surface area (Å²) in [5, 5.41) is 11.4. The molecule has 0 aliphatic carbocycles. The van der Waals surface area contributed by atoms with E-state index in [0.717, 1.165) is 5.69 Å². The number of methoxy groups -OCH3 is 1. The predicted molar refractivity (Wildman–Crippen MR) is 120 cm³/mol. The lowest BCUT2D eigenvalue weighted by Gasteiger charge is -2.13. The van der Waals surface area contributed by atoms with Crippen LogP contribution in [-0.2, 0) is 17.8 Å². The molecule has 3 heterocycles. The normalized spacial score (nSPS) is 11.1. The second kappa shape index (κ2) is 9.25. The number of carbonyl (C=O) groups excluding carboxylic acids is 2. The van der Waals surface area contributed by atoms with Gasteiger partial charge < -0.3 is 14.5 Å². The largest absolute Gasteiger partial charge is 0.465 e. The molecule has 0 aliphatic rings. The zero-order valence-electron chi connectivity index (χ0n) is 17.8. The van der Waals surface area contributed by atoms with E-state index in [1.807, 2.05) is 30.1 Å². The lowest BCUT2D eigenvalue weighted by atomic mass is 10.2. The van der Waals surface area contributed by atoms with Gasteiger partial charge in [0.1, 0.15) is 9.71 Å². The Morgan fingerprint density at radius 1 is 1.12 bits per heavy atom. The summed E-state index contributed by atoms with van der Waals surface area (Å²) in [6, 6.07) is 12.5. The maximum absolute atomic E-state index is 12.7. The Kier molecular flexibility index (Phi) is 6.24. The summed E-state index contributed by atoms with van der Waals surface area (Å²) in [5.41, 5.74) is 1.69. The number of thiophene rings is 1. The van der Waals surface area contributed by atoms with Crippen molar-refractivity contribution in [3.8, 4) is 0 Å². The van der Waals surface area contributed by atoms with Gasteiger partial charge in [-0.15, -0.1) is 21.5 Å². The van der Waals surface area contributed by atoms with Gasteiger partial charge in [0.2, 0.25) is 11.8 Å². The van der Waals surface area contributed by atoms with Crippen molar-refractivity contribution in [1.82, 2.24) is 20.1 Å². The lowest BCUT2D eigenvalue weighted by molar-refractivity contribution is 0.0607. The summed E-state index contributed by atoms with van der Waals surface area (Å²) in [4.78, 5) is 32.7. The van der Waals surface area contributed by atoms with E-state index < -0.39 is 5.97 Å². The average molecular weight is 452 g/mol. The van der Waals surface area contributed by atoms with Crippen molar-refractivity contribution in [2.45, 2.75) is 20.0 Å². The third-order valence-electron chi connectivity index (χ3n) is 4.66. The number of nitrogens with zero attached hydrogens (tertiary/aromatic N) is 4. The fourth-order valence-electron chi connectivity index (χ4n) is 3.21. The number of nitrogens with one attached hydrogen (secondary N) is 1. The van der Waals surface area contributed by atoms with E-state index in [0.29, 0.717) is 51.2 Å². The molecule has 1 N–H and O–H groups in total. The first kappa shape index (κ1) is 21.6. The van der Waals surface area contributed by atoms with Crippen LogP contribution in [0, 0.1) is 6.92 Å². The number of fused-ring (bicyclic) bond motifs is 1. The molecule has 32 heavy (non-hydrogen) atoms. The van der Waals surface area contributed by atoms with Crippen molar-refractivity contribution in [3.63, 3.8) is 0 Å². The van der Waals surface area contributed by atoms with Crippen molar-refractivity contribution >= 4 is 39.1 Å². The van der Waals surface area contributed by atoms with Crippen LogP contribution in [0.2, 0.25) is 0 Å². The third-order valence-corrected chi connectivity index (χ3v) is 5.74. The van der Waals surface area contributed by atoms with Crippen molar-refractivity contribution in [2.24, 2.45) is 0 Å². The topological polar surface area (TPSA) is 110 Å². The molecule has 0 saturated carbocycles. The summed E-state index contributed by atoms with van der Waals surface area (Å²) in [6.07, 6.45) is 0. The van der Waals surface area contributed by atoms with Crippen LogP contribution >= 0.6 is 11.3 Å².